The number of carboxylic acid groups (broad SMARTS) is 1. The number of rotatable bonds is 6. The maximum Gasteiger partial charge on any atom is 0.416 e. The zero-order valence-electron chi connectivity index (χ0n) is 13.8. The number of carbonyl (C=O) groups excluding carboxylic acids is 1. The summed E-state index contributed by atoms with van der Waals surface area (Å²) in [4.78, 5) is 22.9. The molecule has 5 nitrogen and oxygen atoms in total. The number of carboxylic acids is 1. The van der Waals surface area contributed by atoms with Crippen molar-refractivity contribution < 1.29 is 37.0 Å². The third-order valence-corrected chi connectivity index (χ3v) is 3.53. The van der Waals surface area contributed by atoms with Gasteiger partial charge in [0, 0.05) is 0 Å². The fourth-order valence-corrected chi connectivity index (χ4v) is 2.31. The first kappa shape index (κ1) is 20.2. The van der Waals surface area contributed by atoms with Crippen LogP contribution in [0.25, 0.3) is 0 Å². The average molecular weight is 385 g/mol. The molecule has 0 saturated heterocycles. The lowest BCUT2D eigenvalue weighted by molar-refractivity contribution is -0.138. The van der Waals surface area contributed by atoms with Crippen molar-refractivity contribution in [1.82, 2.24) is 5.32 Å². The van der Waals surface area contributed by atoms with E-state index < -0.39 is 42.1 Å². The minimum absolute atomic E-state index is 0.122. The molecule has 2 aromatic carbocycles. The largest absolute Gasteiger partial charge is 0.481 e. The first-order valence-electron chi connectivity index (χ1n) is 7.72. The summed E-state index contributed by atoms with van der Waals surface area (Å²) >= 11 is 0. The lowest BCUT2D eigenvalue weighted by Gasteiger charge is -2.19. The van der Waals surface area contributed by atoms with Crippen molar-refractivity contribution in [2.75, 3.05) is 0 Å². The molecule has 0 bridgehead atoms. The second-order valence-corrected chi connectivity index (χ2v) is 5.63. The molecule has 0 fully saturated rings. The number of hydrogen-bond acceptors (Lipinski definition) is 3. The molecule has 144 valence electrons. The summed E-state index contributed by atoms with van der Waals surface area (Å²) in [5, 5.41) is 11.1. The van der Waals surface area contributed by atoms with Gasteiger partial charge in [-0.3, -0.25) is 4.79 Å². The Hall–Kier alpha value is -3.10. The minimum atomic E-state index is -4.82. The summed E-state index contributed by atoms with van der Waals surface area (Å²) in [5.41, 5.74) is -0.957. The van der Waals surface area contributed by atoms with E-state index in [1.165, 1.54) is 0 Å². The van der Waals surface area contributed by atoms with Crippen molar-refractivity contribution >= 4 is 12.1 Å². The van der Waals surface area contributed by atoms with Crippen molar-refractivity contribution in [3.8, 4) is 0 Å². The zero-order chi connectivity index (χ0) is 20.0. The number of hydrogen-bond donors (Lipinski definition) is 2. The van der Waals surface area contributed by atoms with Crippen LogP contribution >= 0.6 is 0 Å². The Bertz CT molecular complexity index is 809. The summed E-state index contributed by atoms with van der Waals surface area (Å²) in [6, 6.07) is 8.78. The van der Waals surface area contributed by atoms with E-state index in [0.717, 1.165) is 6.07 Å². The van der Waals surface area contributed by atoms with Crippen molar-refractivity contribution in [1.29, 1.82) is 0 Å². The highest BCUT2D eigenvalue weighted by Gasteiger charge is 2.32. The molecular formula is C18H15F4NO4. The lowest BCUT2D eigenvalue weighted by atomic mass is 10.0. The molecule has 0 heterocycles. The van der Waals surface area contributed by atoms with Crippen molar-refractivity contribution in [2.24, 2.45) is 0 Å². The van der Waals surface area contributed by atoms with Crippen LogP contribution in [0.1, 0.15) is 29.2 Å². The van der Waals surface area contributed by atoms with Crippen LogP contribution in [-0.4, -0.2) is 17.2 Å². The Kier molecular flexibility index (Phi) is 6.38. The Balaban J connectivity index is 2.16. The average Bonchev–Trinajstić information content (AvgIpc) is 2.58. The number of benzene rings is 2. The van der Waals surface area contributed by atoms with Gasteiger partial charge in [0.15, 0.2) is 0 Å². The fourth-order valence-electron chi connectivity index (χ4n) is 2.31. The van der Waals surface area contributed by atoms with Crippen LogP contribution < -0.4 is 5.32 Å². The van der Waals surface area contributed by atoms with Gasteiger partial charge >= 0.3 is 18.2 Å². The van der Waals surface area contributed by atoms with Gasteiger partial charge in [-0.25, -0.2) is 9.18 Å². The quantitative estimate of drug-likeness (QED) is 0.728. The predicted molar refractivity (Wildman–Crippen MR) is 86.2 cm³/mol. The maximum atomic E-state index is 13.6. The van der Waals surface area contributed by atoms with Gasteiger partial charge in [-0.05, 0) is 29.3 Å². The van der Waals surface area contributed by atoms with Crippen LogP contribution in [-0.2, 0) is 22.3 Å². The first-order chi connectivity index (χ1) is 12.6. The predicted octanol–water partition coefficient (Wildman–Crippen LogP) is 4.29. The minimum Gasteiger partial charge on any atom is -0.481 e. The normalized spacial score (nSPS) is 12.3. The topological polar surface area (TPSA) is 75.6 Å². The van der Waals surface area contributed by atoms with Crippen LogP contribution in [0, 0.1) is 5.82 Å². The van der Waals surface area contributed by atoms with Gasteiger partial charge in [-0.2, -0.15) is 13.2 Å². The molecule has 27 heavy (non-hydrogen) atoms. The second-order valence-electron chi connectivity index (χ2n) is 5.63. The molecule has 0 spiro atoms. The van der Waals surface area contributed by atoms with Gasteiger partial charge in [-0.15, -0.1) is 0 Å². The Labute approximate surface area is 151 Å². The molecule has 0 unspecified atom stereocenters. The highest BCUT2D eigenvalue weighted by Crippen LogP contribution is 2.32. The number of alkyl halides is 3. The number of aliphatic carboxylic acids is 1. The van der Waals surface area contributed by atoms with Gasteiger partial charge in [0.05, 0.1) is 18.0 Å². The first-order valence-corrected chi connectivity index (χ1v) is 7.72. The molecule has 2 N–H and O–H groups in total. The summed E-state index contributed by atoms with van der Waals surface area (Å²) in [7, 11) is 0. The maximum absolute atomic E-state index is 13.6. The van der Waals surface area contributed by atoms with E-state index >= 15 is 0 Å². The van der Waals surface area contributed by atoms with Crippen molar-refractivity contribution in [3.63, 3.8) is 0 Å². The van der Waals surface area contributed by atoms with E-state index in [1.54, 1.807) is 30.3 Å². The molecular weight excluding hydrogens is 370 g/mol. The Morgan fingerprint density at radius 1 is 1.11 bits per heavy atom. The smallest absolute Gasteiger partial charge is 0.416 e. The molecule has 0 saturated carbocycles. The van der Waals surface area contributed by atoms with Crippen molar-refractivity contribution in [3.05, 3.63) is 71.0 Å². The van der Waals surface area contributed by atoms with Crippen LogP contribution in [0.15, 0.2) is 48.5 Å². The highest BCUT2D eigenvalue weighted by atomic mass is 19.4. The van der Waals surface area contributed by atoms with Gasteiger partial charge in [-0.1, -0.05) is 30.3 Å². The fraction of sp³-hybridized carbons (Fsp3) is 0.222. The molecule has 9 heteroatoms. The van der Waals surface area contributed by atoms with E-state index in [2.05, 4.69) is 5.32 Å². The standard InChI is InChI=1S/C18H15F4NO4/c19-14-7-12(6-13(8-14)18(20,21)22)15(9-16(24)25)23-17(26)27-10-11-4-2-1-3-5-11/h1-8,15H,9-10H2,(H,23,26)(H,24,25)/t15-/m0/s1. The van der Waals surface area contributed by atoms with Crippen molar-refractivity contribution in [2.45, 2.75) is 25.2 Å². The summed E-state index contributed by atoms with van der Waals surface area (Å²) in [6.07, 6.45) is -6.61. The third kappa shape index (κ3) is 6.28. The molecule has 0 radical (unpaired) electrons. The van der Waals surface area contributed by atoms with Crippen LogP contribution in [0.2, 0.25) is 0 Å². The molecule has 0 aliphatic carbocycles. The van der Waals surface area contributed by atoms with Gasteiger partial charge in [0.25, 0.3) is 0 Å². The van der Waals surface area contributed by atoms with E-state index in [1.807, 2.05) is 0 Å². The number of amides is 1. The van der Waals surface area contributed by atoms with E-state index in [9.17, 15) is 27.2 Å². The van der Waals surface area contributed by atoms with Gasteiger partial charge < -0.3 is 15.2 Å². The lowest BCUT2D eigenvalue weighted by Crippen LogP contribution is -2.31. The molecule has 0 aliphatic rings. The van der Waals surface area contributed by atoms with E-state index in [-0.39, 0.29) is 18.2 Å². The third-order valence-electron chi connectivity index (χ3n) is 3.53. The molecule has 0 aliphatic heterocycles. The van der Waals surface area contributed by atoms with Crippen LogP contribution in [0.4, 0.5) is 22.4 Å². The van der Waals surface area contributed by atoms with Crippen LogP contribution in [0.5, 0.6) is 0 Å². The summed E-state index contributed by atoms with van der Waals surface area (Å²) < 4.78 is 57.1. The second kappa shape index (κ2) is 8.52. The monoisotopic (exact) mass is 385 g/mol. The SMILES string of the molecule is O=C(O)C[C@H](NC(=O)OCc1ccccc1)c1cc(F)cc(C(F)(F)F)c1. The molecule has 1 amide bonds. The number of halogens is 4. The van der Waals surface area contributed by atoms with Gasteiger partial charge in [0.1, 0.15) is 12.4 Å². The number of carbonyl (C=O) groups is 2. The van der Waals surface area contributed by atoms with Crippen LogP contribution in [0.3, 0.4) is 0 Å². The zero-order valence-corrected chi connectivity index (χ0v) is 13.8. The molecule has 0 aromatic heterocycles. The van der Waals surface area contributed by atoms with Gasteiger partial charge in [0.2, 0.25) is 0 Å². The van der Waals surface area contributed by atoms with E-state index in [0.29, 0.717) is 11.6 Å². The molecule has 2 aromatic rings. The highest BCUT2D eigenvalue weighted by molar-refractivity contribution is 5.72. The Morgan fingerprint density at radius 2 is 1.78 bits per heavy atom. The molecule has 1 atom stereocenters. The summed E-state index contributed by atoms with van der Waals surface area (Å²) in [5.74, 6) is -2.59. The number of ether oxygens (including phenoxy) is 1. The summed E-state index contributed by atoms with van der Waals surface area (Å²) in [6.45, 7) is -0.122. The van der Waals surface area contributed by atoms with E-state index in [4.69, 9.17) is 9.84 Å². The molecule has 2 rings (SSSR count). The number of alkyl carbamates (subject to hydrolysis) is 1. The number of nitrogens with one attached hydrogen (secondary N) is 1. The Morgan fingerprint density at radius 3 is 2.37 bits per heavy atom.